The zero-order chi connectivity index (χ0) is 10.7. The molecule has 0 aliphatic carbocycles. The maximum absolute atomic E-state index is 5.30. The summed E-state index contributed by atoms with van der Waals surface area (Å²) in [6.07, 6.45) is 0. The molecular formula is C9H17N5O. The summed E-state index contributed by atoms with van der Waals surface area (Å²) in [6.45, 7) is 4.08. The number of morpholine rings is 1. The van der Waals surface area contributed by atoms with Crippen molar-refractivity contribution >= 4 is 5.95 Å². The van der Waals surface area contributed by atoms with Crippen LogP contribution in [0.15, 0.2) is 0 Å². The van der Waals surface area contributed by atoms with Crippen LogP contribution in [0.25, 0.3) is 0 Å². The summed E-state index contributed by atoms with van der Waals surface area (Å²) in [7, 11) is 3.90. The number of aromatic nitrogens is 3. The summed E-state index contributed by atoms with van der Waals surface area (Å²) in [6, 6.07) is 0. The van der Waals surface area contributed by atoms with Gasteiger partial charge >= 0.3 is 0 Å². The summed E-state index contributed by atoms with van der Waals surface area (Å²) in [5, 5.41) is 11.4. The van der Waals surface area contributed by atoms with E-state index in [1.807, 2.05) is 18.7 Å². The van der Waals surface area contributed by atoms with Crippen molar-refractivity contribution in [3.05, 3.63) is 5.82 Å². The molecule has 2 heterocycles. The van der Waals surface area contributed by atoms with Crippen LogP contribution in [0.3, 0.4) is 0 Å². The number of ether oxygens (including phenoxy) is 1. The number of nitrogens with one attached hydrogen (secondary N) is 1. The SMILES string of the molecule is CNCc1nnc(N2CCOCC2)n1C. The average molecular weight is 211 g/mol. The lowest BCUT2D eigenvalue weighted by molar-refractivity contribution is 0.121. The molecule has 2 rings (SSSR count). The highest BCUT2D eigenvalue weighted by Gasteiger charge is 2.17. The van der Waals surface area contributed by atoms with Gasteiger partial charge in [-0.2, -0.15) is 0 Å². The van der Waals surface area contributed by atoms with Crippen LogP contribution in [0.1, 0.15) is 5.82 Å². The van der Waals surface area contributed by atoms with E-state index in [1.165, 1.54) is 0 Å². The van der Waals surface area contributed by atoms with Crippen LogP contribution < -0.4 is 10.2 Å². The first kappa shape index (κ1) is 10.4. The lowest BCUT2D eigenvalue weighted by Crippen LogP contribution is -2.37. The summed E-state index contributed by atoms with van der Waals surface area (Å²) in [4.78, 5) is 2.20. The highest BCUT2D eigenvalue weighted by Crippen LogP contribution is 2.12. The van der Waals surface area contributed by atoms with Gasteiger partial charge in [-0.15, -0.1) is 10.2 Å². The van der Waals surface area contributed by atoms with Gasteiger partial charge in [-0.05, 0) is 7.05 Å². The first-order chi connectivity index (χ1) is 7.33. The number of nitrogens with zero attached hydrogens (tertiary/aromatic N) is 4. The van der Waals surface area contributed by atoms with E-state index in [9.17, 15) is 0 Å². The van der Waals surface area contributed by atoms with Crippen LogP contribution in [-0.2, 0) is 18.3 Å². The molecule has 1 aromatic rings. The largest absolute Gasteiger partial charge is 0.378 e. The van der Waals surface area contributed by atoms with Crippen LogP contribution in [0.5, 0.6) is 0 Å². The van der Waals surface area contributed by atoms with E-state index in [4.69, 9.17) is 4.74 Å². The van der Waals surface area contributed by atoms with E-state index >= 15 is 0 Å². The van der Waals surface area contributed by atoms with Crippen LogP contribution >= 0.6 is 0 Å². The monoisotopic (exact) mass is 211 g/mol. The number of hydrogen-bond acceptors (Lipinski definition) is 5. The van der Waals surface area contributed by atoms with Gasteiger partial charge in [0, 0.05) is 20.1 Å². The second-order valence-electron chi connectivity index (χ2n) is 3.60. The van der Waals surface area contributed by atoms with E-state index in [0.29, 0.717) is 0 Å². The third-order valence-corrected chi connectivity index (χ3v) is 2.57. The number of hydrogen-bond donors (Lipinski definition) is 1. The van der Waals surface area contributed by atoms with Gasteiger partial charge in [-0.1, -0.05) is 0 Å². The summed E-state index contributed by atoms with van der Waals surface area (Å²) >= 11 is 0. The Balaban J connectivity index is 2.13. The van der Waals surface area contributed by atoms with Crippen molar-refractivity contribution in [1.29, 1.82) is 0 Å². The van der Waals surface area contributed by atoms with Gasteiger partial charge in [0.05, 0.1) is 19.8 Å². The Bertz CT molecular complexity index is 318. The molecule has 0 bridgehead atoms. The normalized spacial score (nSPS) is 17.1. The van der Waals surface area contributed by atoms with E-state index in [1.54, 1.807) is 0 Å². The maximum atomic E-state index is 5.30. The molecule has 0 saturated carbocycles. The molecule has 0 amide bonds. The van der Waals surface area contributed by atoms with Gasteiger partial charge in [0.2, 0.25) is 5.95 Å². The molecule has 0 atom stereocenters. The van der Waals surface area contributed by atoms with Crippen molar-refractivity contribution in [1.82, 2.24) is 20.1 Å². The summed E-state index contributed by atoms with van der Waals surface area (Å²) in [5.41, 5.74) is 0. The lowest BCUT2D eigenvalue weighted by Gasteiger charge is -2.27. The van der Waals surface area contributed by atoms with Crippen LogP contribution in [0.2, 0.25) is 0 Å². The first-order valence-electron chi connectivity index (χ1n) is 5.18. The number of rotatable bonds is 3. The molecule has 1 fully saturated rings. The Morgan fingerprint density at radius 1 is 1.33 bits per heavy atom. The molecule has 6 heteroatoms. The van der Waals surface area contributed by atoms with Crippen molar-refractivity contribution in [2.45, 2.75) is 6.54 Å². The Hall–Kier alpha value is -1.14. The minimum atomic E-state index is 0.744. The van der Waals surface area contributed by atoms with E-state index in [0.717, 1.165) is 44.6 Å². The van der Waals surface area contributed by atoms with Crippen LogP contribution in [0, 0.1) is 0 Å². The minimum Gasteiger partial charge on any atom is -0.378 e. The second kappa shape index (κ2) is 4.59. The molecule has 0 spiro atoms. The fourth-order valence-corrected chi connectivity index (χ4v) is 1.70. The Morgan fingerprint density at radius 2 is 2.07 bits per heavy atom. The van der Waals surface area contributed by atoms with Gasteiger partial charge in [-0.25, -0.2) is 0 Å². The van der Waals surface area contributed by atoms with Crippen molar-refractivity contribution in [3.8, 4) is 0 Å². The molecule has 84 valence electrons. The first-order valence-corrected chi connectivity index (χ1v) is 5.18. The molecule has 0 radical (unpaired) electrons. The maximum Gasteiger partial charge on any atom is 0.227 e. The molecule has 15 heavy (non-hydrogen) atoms. The van der Waals surface area contributed by atoms with Crippen molar-refractivity contribution in [3.63, 3.8) is 0 Å². The molecule has 1 aromatic heterocycles. The number of anilines is 1. The van der Waals surface area contributed by atoms with E-state index < -0.39 is 0 Å². The van der Waals surface area contributed by atoms with Gasteiger partial charge in [-0.3, -0.25) is 4.57 Å². The molecule has 1 aliphatic rings. The Kier molecular flexibility index (Phi) is 3.17. The van der Waals surface area contributed by atoms with Crippen molar-refractivity contribution in [2.75, 3.05) is 38.3 Å². The zero-order valence-electron chi connectivity index (χ0n) is 9.23. The molecule has 1 aliphatic heterocycles. The molecule has 0 unspecified atom stereocenters. The van der Waals surface area contributed by atoms with Crippen LogP contribution in [0.4, 0.5) is 5.95 Å². The predicted octanol–water partition coefficient (Wildman–Crippen LogP) is -0.629. The molecule has 1 N–H and O–H groups in total. The molecular weight excluding hydrogens is 194 g/mol. The van der Waals surface area contributed by atoms with Gasteiger partial charge in [0.25, 0.3) is 0 Å². The second-order valence-corrected chi connectivity index (χ2v) is 3.60. The van der Waals surface area contributed by atoms with Gasteiger partial charge < -0.3 is 15.0 Å². The molecule has 6 nitrogen and oxygen atoms in total. The fraction of sp³-hybridized carbons (Fsp3) is 0.778. The fourth-order valence-electron chi connectivity index (χ4n) is 1.70. The quantitative estimate of drug-likeness (QED) is 0.721. The van der Waals surface area contributed by atoms with E-state index in [2.05, 4.69) is 20.4 Å². The smallest absolute Gasteiger partial charge is 0.227 e. The average Bonchev–Trinajstić information content (AvgIpc) is 2.63. The highest BCUT2D eigenvalue weighted by molar-refractivity contribution is 5.31. The Labute approximate surface area is 89.2 Å². The lowest BCUT2D eigenvalue weighted by atomic mass is 10.4. The van der Waals surface area contributed by atoms with Crippen LogP contribution in [-0.4, -0.2) is 48.1 Å². The van der Waals surface area contributed by atoms with Gasteiger partial charge in [0.15, 0.2) is 0 Å². The van der Waals surface area contributed by atoms with Gasteiger partial charge in [0.1, 0.15) is 5.82 Å². The molecule has 1 saturated heterocycles. The van der Waals surface area contributed by atoms with E-state index in [-0.39, 0.29) is 0 Å². The third kappa shape index (κ3) is 2.10. The standard InChI is InChI=1S/C9H17N5O/c1-10-7-8-11-12-9(13(8)2)14-3-5-15-6-4-14/h10H,3-7H2,1-2H3. The third-order valence-electron chi connectivity index (χ3n) is 2.57. The topological polar surface area (TPSA) is 55.2 Å². The van der Waals surface area contributed by atoms with Crippen molar-refractivity contribution < 1.29 is 4.74 Å². The van der Waals surface area contributed by atoms with Crippen molar-refractivity contribution in [2.24, 2.45) is 7.05 Å². The Morgan fingerprint density at radius 3 is 2.73 bits per heavy atom. The highest BCUT2D eigenvalue weighted by atomic mass is 16.5. The summed E-state index contributed by atoms with van der Waals surface area (Å²) < 4.78 is 7.33. The molecule has 0 aromatic carbocycles. The minimum absolute atomic E-state index is 0.744. The predicted molar refractivity (Wildman–Crippen MR) is 56.8 cm³/mol. The zero-order valence-corrected chi connectivity index (χ0v) is 9.23. The summed E-state index contributed by atoms with van der Waals surface area (Å²) in [5.74, 6) is 1.89.